The molecule has 410 valence electrons. The number of nitrogens with two attached hydrogens (primary N) is 1. The quantitative estimate of drug-likeness (QED) is 0.0628. The van der Waals surface area contributed by atoms with Crippen molar-refractivity contribution >= 4 is 74.2 Å². The molecule has 3 saturated carbocycles. The number of fused-ring (bicyclic) bond motifs is 6. The lowest BCUT2D eigenvalue weighted by Gasteiger charge is -2.58. The Labute approximate surface area is 423 Å². The van der Waals surface area contributed by atoms with Crippen LogP contribution in [0.3, 0.4) is 0 Å². The summed E-state index contributed by atoms with van der Waals surface area (Å²) < 4.78 is 62.8. The van der Waals surface area contributed by atoms with Crippen molar-refractivity contribution in [3.8, 4) is 0 Å². The van der Waals surface area contributed by atoms with E-state index < -0.39 is 101 Å². The molecule has 3 heterocycles. The number of nitrogen functional groups attached to an aromatic ring is 1. The summed E-state index contributed by atoms with van der Waals surface area (Å²) in [5.41, 5.74) is 5.62. The molecule has 30 heteroatoms. The van der Waals surface area contributed by atoms with Crippen molar-refractivity contribution in [3.05, 3.63) is 24.3 Å². The molecule has 0 radical (unpaired) electrons. The smallest absolute Gasteiger partial charge is 0.474 e. The lowest BCUT2D eigenvalue weighted by atomic mass is 9.47. The van der Waals surface area contributed by atoms with Crippen LogP contribution in [0.1, 0.15) is 98.6 Å². The van der Waals surface area contributed by atoms with Crippen LogP contribution in [0.25, 0.3) is 11.2 Å². The third-order valence-electron chi connectivity index (χ3n) is 16.1. The Kier molecular flexibility index (Phi) is 17.3. The Morgan fingerprint density at radius 3 is 2.40 bits per heavy atom. The fourth-order valence-corrected chi connectivity index (χ4v) is 17.4. The summed E-state index contributed by atoms with van der Waals surface area (Å²) in [5.74, 6) is 0.779. The second-order valence-electron chi connectivity index (χ2n) is 21.0. The fraction of sp³-hybridized carbons (Fsp3) is 0.744. The maximum atomic E-state index is 12.9. The predicted molar refractivity (Wildman–Crippen MR) is 261 cm³/mol. The number of carboxylic acid groups (broad SMARTS) is 1. The summed E-state index contributed by atoms with van der Waals surface area (Å²) in [7, 11) is -18.0. The van der Waals surface area contributed by atoms with Crippen LogP contribution in [-0.2, 0) is 50.7 Å². The number of aliphatic hydroxyl groups excluding tert-OH is 2. The number of nitrogens with one attached hydrogen (secondary N) is 2. The second kappa shape index (κ2) is 22.0. The number of thiol groups is 1. The first kappa shape index (κ1) is 57.5. The zero-order valence-corrected chi connectivity index (χ0v) is 44.7. The van der Waals surface area contributed by atoms with Crippen molar-refractivity contribution in [1.82, 2.24) is 30.2 Å². The van der Waals surface area contributed by atoms with Gasteiger partial charge in [-0.3, -0.25) is 32.5 Å². The number of nitrogens with zero attached hydrogens (tertiary/aromatic N) is 4. The first-order valence-electron chi connectivity index (χ1n) is 24.1. The number of carbonyl (C=O) groups is 4. The van der Waals surface area contributed by atoms with Crippen LogP contribution in [-0.4, -0.2) is 139 Å². The maximum absolute atomic E-state index is 12.9. The van der Waals surface area contributed by atoms with Gasteiger partial charge in [0, 0.05) is 37.1 Å². The molecule has 15 atom stereocenters. The fourth-order valence-electron chi connectivity index (χ4n) is 12.3. The number of anilines is 1. The van der Waals surface area contributed by atoms with Gasteiger partial charge in [0.2, 0.25) is 11.8 Å². The number of carbonyl (C=O) groups excluding carboxylic acids is 3. The highest BCUT2D eigenvalue weighted by molar-refractivity contribution is 8.29. The number of rotatable bonds is 21. The maximum Gasteiger partial charge on any atom is 0.481 e. The summed E-state index contributed by atoms with van der Waals surface area (Å²) in [6.45, 7) is 7.08. The van der Waals surface area contributed by atoms with Crippen molar-refractivity contribution in [3.63, 3.8) is 0 Å². The van der Waals surface area contributed by atoms with Gasteiger partial charge >= 0.3 is 28.8 Å². The average Bonchev–Trinajstić information content (AvgIpc) is 3.98. The molecule has 11 N–H and O–H groups in total. The van der Waals surface area contributed by atoms with Gasteiger partial charge in [-0.15, -0.1) is 0 Å². The number of phosphoric ester groups is 3. The first-order valence-corrected chi connectivity index (χ1v) is 30.2. The van der Waals surface area contributed by atoms with E-state index in [4.69, 9.17) is 19.5 Å². The lowest BCUT2D eigenvalue weighted by molar-refractivity contribution is -0.137. The van der Waals surface area contributed by atoms with E-state index in [-0.39, 0.29) is 70.0 Å². The van der Waals surface area contributed by atoms with Gasteiger partial charge in [0.05, 0.1) is 19.5 Å². The number of aliphatic hydroxyl groups is 2. The van der Waals surface area contributed by atoms with E-state index in [1.807, 2.05) is 13.0 Å². The van der Waals surface area contributed by atoms with Crippen LogP contribution in [0.4, 0.5) is 10.6 Å². The molecule has 26 nitrogen and oxygen atoms in total. The molecule has 4 aliphatic carbocycles. The SMILES string of the molecule is CC([C@H]1CC[C@H]2[C@@H]3CCC4=CC(=O)CC[C@]4(C)[C@H]3CC[C@]12C)[SH](CCNC(=O)CCNC(=O)C(O)C(C)(C)COP(=O)(O)OP(=O)(O)OC[C@H]1O[C@@H](n2cnc3c(N)ncnc32)[C@H](O)[C@@H]1OP(=O)(O)O)C(=O)O. The van der Waals surface area contributed by atoms with E-state index in [0.29, 0.717) is 24.2 Å². The largest absolute Gasteiger partial charge is 0.481 e. The third kappa shape index (κ3) is 12.6. The van der Waals surface area contributed by atoms with Crippen LogP contribution in [0, 0.1) is 39.9 Å². The highest BCUT2D eigenvalue weighted by Crippen LogP contribution is 2.68. The van der Waals surface area contributed by atoms with E-state index >= 15 is 0 Å². The van der Waals surface area contributed by atoms with Gasteiger partial charge in [-0.1, -0.05) is 40.2 Å². The number of hydrogen-bond acceptors (Lipinski definition) is 18. The standard InChI is InChI=1S/C43H68N7O19P3S/c1-23(27-8-9-28-26-7-6-24-18-25(51)10-13-42(24,4)29(26)11-14-43(27,28)5)73(40(56)57)17-16-45-31(52)12-15-46-38(55)35(54)41(2,3)20-66-72(63,64)69-71(61,62)65-19-30-34(68-70(58,59)60)33(53)39(67-30)50-22-49-32-36(44)47-21-48-37(32)50/h18,21-23,26-30,33-35,39,53-54,73H,6-17,19-20H2,1-5H3,(H,45,52)(H,46,55)(H,56,57)(H,61,62)(H,63,64)(H2,44,47,48)(H2,58,59,60)/t23?,26-,27+,28-,29-,30+,33+,34+,35?,39+,42-,43+/m0/s1. The van der Waals surface area contributed by atoms with Crippen LogP contribution in [0.5, 0.6) is 0 Å². The van der Waals surface area contributed by atoms with Gasteiger partial charge in [0.15, 0.2) is 23.5 Å². The van der Waals surface area contributed by atoms with E-state index in [1.54, 1.807) is 0 Å². The second-order valence-corrected chi connectivity index (χ2v) is 27.8. The topological polar surface area (TPSA) is 401 Å². The van der Waals surface area contributed by atoms with Gasteiger partial charge in [0.25, 0.3) is 0 Å². The summed E-state index contributed by atoms with van der Waals surface area (Å²) in [4.78, 5) is 102. The molecule has 0 bridgehead atoms. The van der Waals surface area contributed by atoms with Gasteiger partial charge in [-0.05, 0) is 90.8 Å². The number of ether oxygens (including phenoxy) is 1. The van der Waals surface area contributed by atoms with Crippen molar-refractivity contribution in [1.29, 1.82) is 0 Å². The van der Waals surface area contributed by atoms with Gasteiger partial charge in [-0.25, -0.2) is 33.4 Å². The molecular formula is C43H68N7O19P3S. The van der Waals surface area contributed by atoms with Crippen LogP contribution >= 0.6 is 34.4 Å². The van der Waals surface area contributed by atoms with E-state index in [2.05, 4.69) is 48.3 Å². The average molecular weight is 1110 g/mol. The molecule has 4 fully saturated rings. The minimum atomic E-state index is -5.61. The molecule has 0 aromatic carbocycles. The summed E-state index contributed by atoms with van der Waals surface area (Å²) in [6.07, 6.45) is 2.45. The van der Waals surface area contributed by atoms with E-state index in [0.717, 1.165) is 62.2 Å². The number of aromatic nitrogens is 4. The molecule has 2 aromatic heterocycles. The molecule has 73 heavy (non-hydrogen) atoms. The molecule has 5 aliphatic rings. The highest BCUT2D eigenvalue weighted by Gasteiger charge is 2.60. The highest BCUT2D eigenvalue weighted by atomic mass is 32.2. The molecular weight excluding hydrogens is 1040 g/mol. The number of hydrogen-bond donors (Lipinski definition) is 11. The van der Waals surface area contributed by atoms with Crippen LogP contribution in [0.15, 0.2) is 24.3 Å². The van der Waals surface area contributed by atoms with Crippen LogP contribution in [0.2, 0.25) is 0 Å². The zero-order valence-electron chi connectivity index (χ0n) is 41.1. The Morgan fingerprint density at radius 2 is 1.70 bits per heavy atom. The molecule has 7 rings (SSSR count). The molecule has 5 unspecified atom stereocenters. The summed E-state index contributed by atoms with van der Waals surface area (Å²) in [6, 6.07) is 0. The van der Waals surface area contributed by atoms with Crippen molar-refractivity contribution in [2.75, 3.05) is 37.8 Å². The van der Waals surface area contributed by atoms with E-state index in [1.165, 1.54) is 19.4 Å². The molecule has 0 spiro atoms. The normalized spacial score (nSPS) is 32.5. The van der Waals surface area contributed by atoms with E-state index in [9.17, 15) is 67.8 Å². The Bertz CT molecular complexity index is 2600. The van der Waals surface area contributed by atoms with Crippen molar-refractivity contribution in [2.45, 2.75) is 128 Å². The Hall–Kier alpha value is -3.23. The van der Waals surface area contributed by atoms with Crippen molar-refractivity contribution in [2.24, 2.45) is 39.9 Å². The Balaban J connectivity index is 0.837. The minimum Gasteiger partial charge on any atom is -0.474 e. The zero-order chi connectivity index (χ0) is 53.6. The molecule has 1 saturated heterocycles. The monoisotopic (exact) mass is 1110 g/mol. The number of allylic oxidation sites excluding steroid dienone is 1. The predicted octanol–water partition coefficient (Wildman–Crippen LogP) is 3.62. The molecule has 2 amide bonds. The summed E-state index contributed by atoms with van der Waals surface area (Å²) >= 11 is 0. The number of imidazole rings is 1. The minimum absolute atomic E-state index is 0.00771. The van der Waals surface area contributed by atoms with Gasteiger partial charge in [0.1, 0.15) is 36.3 Å². The Morgan fingerprint density at radius 1 is 0.986 bits per heavy atom. The van der Waals surface area contributed by atoms with Crippen molar-refractivity contribution < 1.29 is 90.4 Å². The number of ketones is 1. The molecule has 2 aromatic rings. The lowest BCUT2D eigenvalue weighted by Crippen LogP contribution is -2.51. The van der Waals surface area contributed by atoms with Gasteiger partial charge < -0.3 is 56.0 Å². The van der Waals surface area contributed by atoms with Gasteiger partial charge in [-0.2, -0.15) is 15.2 Å². The third-order valence-corrected chi connectivity index (χ3v) is 21.7. The van der Waals surface area contributed by atoms with Crippen LogP contribution < -0.4 is 16.4 Å². The molecule has 1 aliphatic heterocycles. The number of amides is 2. The number of phosphoric acid groups is 3. The summed E-state index contributed by atoms with van der Waals surface area (Å²) in [5, 5.41) is 36.4. The first-order chi connectivity index (χ1) is 34.0.